The molecule has 0 unspecified atom stereocenters. The Morgan fingerprint density at radius 2 is 1.31 bits per heavy atom. The minimum atomic E-state index is -0.471. The Morgan fingerprint density at radius 1 is 0.829 bits per heavy atom. The van der Waals surface area contributed by atoms with Crippen LogP contribution >= 0.6 is 0 Å². The summed E-state index contributed by atoms with van der Waals surface area (Å²) >= 11 is 0. The van der Waals surface area contributed by atoms with Gasteiger partial charge >= 0.3 is 5.97 Å². The molecule has 3 aliphatic carbocycles. The van der Waals surface area contributed by atoms with Gasteiger partial charge in [0, 0.05) is 11.8 Å². The maximum Gasteiger partial charge on any atom is 0.343 e. The molecule has 4 aliphatic rings. The van der Waals surface area contributed by atoms with Crippen LogP contribution in [0.15, 0.2) is 77.9 Å². The lowest BCUT2D eigenvalue weighted by Gasteiger charge is -2.45. The molecule has 2 amide bonds. The molecule has 0 radical (unpaired) electrons. The molecule has 3 aromatic rings. The molecule has 0 aromatic heterocycles. The summed E-state index contributed by atoms with van der Waals surface area (Å²) < 4.78 is 9.90. The van der Waals surface area contributed by atoms with Crippen molar-refractivity contribution in [3.05, 3.63) is 101 Å². The summed E-state index contributed by atoms with van der Waals surface area (Å²) in [7, 11) is 1.30. The van der Waals surface area contributed by atoms with Crippen LogP contribution in [-0.4, -0.2) is 42.7 Å². The highest BCUT2D eigenvalue weighted by molar-refractivity contribution is 6.08. The number of amides is 2. The number of benzene rings is 3. The van der Waals surface area contributed by atoms with Gasteiger partial charge in [0.25, 0.3) is 11.8 Å². The van der Waals surface area contributed by atoms with E-state index in [4.69, 9.17) is 4.74 Å². The van der Waals surface area contributed by atoms with Gasteiger partial charge < -0.3 is 9.47 Å². The summed E-state index contributed by atoms with van der Waals surface area (Å²) in [5, 5.41) is 5.36. The van der Waals surface area contributed by atoms with Gasteiger partial charge in [0.05, 0.1) is 25.2 Å². The SMILES string of the molecule is COC(=O)COc1ccc(/C=N\N2C(=O)[C@@H]3C4c5ccccc5C(c5ccccc54)[C@@H]3C2=O)cc1. The van der Waals surface area contributed by atoms with E-state index in [0.717, 1.165) is 27.3 Å². The second kappa shape index (κ2) is 8.20. The van der Waals surface area contributed by atoms with E-state index in [2.05, 4.69) is 34.1 Å². The number of esters is 1. The summed E-state index contributed by atoms with van der Waals surface area (Å²) in [5.74, 6) is -1.70. The first kappa shape index (κ1) is 21.3. The van der Waals surface area contributed by atoms with Crippen molar-refractivity contribution in [3.8, 4) is 5.75 Å². The zero-order chi connectivity index (χ0) is 24.1. The number of carbonyl (C=O) groups is 3. The zero-order valence-corrected chi connectivity index (χ0v) is 19.0. The molecule has 0 N–H and O–H groups in total. The molecule has 0 saturated carbocycles. The Bertz CT molecular complexity index is 1260. The largest absolute Gasteiger partial charge is 0.482 e. The number of hydrazone groups is 1. The second-order valence-electron chi connectivity index (χ2n) is 8.93. The summed E-state index contributed by atoms with van der Waals surface area (Å²) in [6.07, 6.45) is 1.50. The maximum atomic E-state index is 13.5. The van der Waals surface area contributed by atoms with Crippen LogP contribution in [0.4, 0.5) is 0 Å². The van der Waals surface area contributed by atoms with E-state index in [1.54, 1.807) is 24.3 Å². The fourth-order valence-electron chi connectivity index (χ4n) is 5.75. The van der Waals surface area contributed by atoms with E-state index in [9.17, 15) is 14.4 Å². The van der Waals surface area contributed by atoms with Gasteiger partial charge in [-0.2, -0.15) is 10.1 Å². The summed E-state index contributed by atoms with van der Waals surface area (Å²) in [4.78, 5) is 38.3. The molecule has 1 heterocycles. The van der Waals surface area contributed by atoms with Crippen LogP contribution in [-0.2, 0) is 19.1 Å². The van der Waals surface area contributed by atoms with Crippen LogP contribution in [0.25, 0.3) is 0 Å². The number of hydrogen-bond donors (Lipinski definition) is 0. The number of methoxy groups -OCH3 is 1. The van der Waals surface area contributed by atoms with Crippen molar-refractivity contribution >= 4 is 24.0 Å². The first-order valence-corrected chi connectivity index (χ1v) is 11.5. The number of hydrogen-bond acceptors (Lipinski definition) is 6. The molecule has 3 aromatic carbocycles. The maximum absolute atomic E-state index is 13.5. The molecule has 7 heteroatoms. The highest BCUT2D eigenvalue weighted by Gasteiger charge is 2.61. The van der Waals surface area contributed by atoms with Gasteiger partial charge in [-0.3, -0.25) is 9.59 Å². The fraction of sp³-hybridized carbons (Fsp3) is 0.214. The number of carbonyl (C=O) groups excluding carboxylic acids is 3. The predicted molar refractivity (Wildman–Crippen MR) is 127 cm³/mol. The Morgan fingerprint density at radius 3 is 1.77 bits per heavy atom. The molecule has 1 fully saturated rings. The lowest BCUT2D eigenvalue weighted by Crippen LogP contribution is -2.41. The van der Waals surface area contributed by atoms with Gasteiger partial charge in [-0.15, -0.1) is 0 Å². The van der Waals surface area contributed by atoms with Gasteiger partial charge in [-0.1, -0.05) is 48.5 Å². The van der Waals surface area contributed by atoms with Crippen molar-refractivity contribution in [2.75, 3.05) is 13.7 Å². The van der Waals surface area contributed by atoms with Crippen molar-refractivity contribution < 1.29 is 23.9 Å². The Hall–Kier alpha value is -4.26. The Kier molecular flexibility index (Phi) is 4.99. The average molecular weight is 466 g/mol. The number of rotatable bonds is 5. The molecule has 0 spiro atoms. The highest BCUT2D eigenvalue weighted by Crippen LogP contribution is 2.60. The molecule has 174 valence electrons. The van der Waals surface area contributed by atoms with Crippen LogP contribution in [0, 0.1) is 11.8 Å². The van der Waals surface area contributed by atoms with Crippen LogP contribution in [0.1, 0.15) is 39.7 Å². The first-order chi connectivity index (χ1) is 17.1. The third-order valence-corrected chi connectivity index (χ3v) is 7.21. The van der Waals surface area contributed by atoms with Crippen molar-refractivity contribution in [1.82, 2.24) is 5.01 Å². The third-order valence-electron chi connectivity index (χ3n) is 7.21. The molecule has 7 rings (SSSR count). The topological polar surface area (TPSA) is 85.3 Å². The van der Waals surface area contributed by atoms with Gasteiger partial charge in [0.2, 0.25) is 0 Å². The third kappa shape index (κ3) is 3.26. The Balaban J connectivity index is 1.28. The monoisotopic (exact) mass is 466 g/mol. The van der Waals surface area contributed by atoms with E-state index in [0.29, 0.717) is 11.3 Å². The summed E-state index contributed by atoms with van der Waals surface area (Å²) in [6.45, 7) is -0.184. The number of imide groups is 1. The molecule has 1 aliphatic heterocycles. The van der Waals surface area contributed by atoms with E-state index in [1.165, 1.54) is 13.3 Å². The van der Waals surface area contributed by atoms with Crippen LogP contribution in [0.2, 0.25) is 0 Å². The first-order valence-electron chi connectivity index (χ1n) is 11.5. The standard InChI is InChI=1S/C28H22N2O5/c1-34-22(31)15-35-17-12-10-16(11-13-17)14-29-30-27(32)25-23-18-6-2-3-7-19(18)24(26(25)28(30)33)21-9-5-4-8-20(21)23/h2-14,23-26H,15H2,1H3/b29-14-/t23?,24?,25-,26+. The zero-order valence-electron chi connectivity index (χ0n) is 19.0. The van der Waals surface area contributed by atoms with Gasteiger partial charge in [0.15, 0.2) is 6.61 Å². The van der Waals surface area contributed by atoms with E-state index >= 15 is 0 Å². The van der Waals surface area contributed by atoms with Gasteiger partial charge in [-0.25, -0.2) is 4.79 Å². The van der Waals surface area contributed by atoms with Gasteiger partial charge in [0.1, 0.15) is 5.75 Å². The van der Waals surface area contributed by atoms with E-state index in [-0.39, 0.29) is 30.3 Å². The minimum absolute atomic E-state index is 0.153. The molecule has 1 saturated heterocycles. The number of nitrogens with zero attached hydrogens (tertiary/aromatic N) is 2. The van der Waals surface area contributed by atoms with Crippen molar-refractivity contribution in [3.63, 3.8) is 0 Å². The lowest BCUT2D eigenvalue weighted by molar-refractivity contribution is -0.143. The van der Waals surface area contributed by atoms with Crippen molar-refractivity contribution in [2.45, 2.75) is 11.8 Å². The molecule has 2 atom stereocenters. The molecular formula is C28H22N2O5. The predicted octanol–water partition coefficient (Wildman–Crippen LogP) is 3.46. The molecule has 2 bridgehead atoms. The van der Waals surface area contributed by atoms with E-state index in [1.807, 2.05) is 24.3 Å². The minimum Gasteiger partial charge on any atom is -0.482 e. The average Bonchev–Trinajstić information content (AvgIpc) is 3.16. The fourth-order valence-corrected chi connectivity index (χ4v) is 5.75. The second-order valence-corrected chi connectivity index (χ2v) is 8.93. The van der Waals surface area contributed by atoms with Crippen LogP contribution in [0.3, 0.4) is 0 Å². The Labute approximate surface area is 202 Å². The van der Waals surface area contributed by atoms with Crippen molar-refractivity contribution in [1.29, 1.82) is 0 Å². The summed E-state index contributed by atoms with van der Waals surface area (Å²) in [6, 6.07) is 23.1. The smallest absolute Gasteiger partial charge is 0.343 e. The lowest BCUT2D eigenvalue weighted by atomic mass is 9.55. The van der Waals surface area contributed by atoms with Crippen LogP contribution < -0.4 is 4.74 Å². The van der Waals surface area contributed by atoms with Crippen molar-refractivity contribution in [2.24, 2.45) is 16.9 Å². The van der Waals surface area contributed by atoms with Crippen LogP contribution in [0.5, 0.6) is 5.75 Å². The highest BCUT2D eigenvalue weighted by atomic mass is 16.6. The normalized spacial score (nSPS) is 23.7. The van der Waals surface area contributed by atoms with Gasteiger partial charge in [-0.05, 0) is 52.1 Å². The molecule has 35 heavy (non-hydrogen) atoms. The quantitative estimate of drug-likeness (QED) is 0.327. The molecular weight excluding hydrogens is 444 g/mol. The van der Waals surface area contributed by atoms with E-state index < -0.39 is 17.8 Å². The summed E-state index contributed by atoms with van der Waals surface area (Å²) in [5.41, 5.74) is 5.22. The number of ether oxygens (including phenoxy) is 2. The molecule has 7 nitrogen and oxygen atoms in total.